The number of furan rings is 1. The molecule has 1 N–H and O–H groups in total. The van der Waals surface area contributed by atoms with Gasteiger partial charge in [0.05, 0.1) is 38.0 Å². The Bertz CT molecular complexity index is 1120. The largest absolute Gasteiger partial charge is 0.493 e. The van der Waals surface area contributed by atoms with Crippen molar-refractivity contribution in [3.63, 3.8) is 0 Å². The predicted octanol–water partition coefficient (Wildman–Crippen LogP) is 1.86. The van der Waals surface area contributed by atoms with Crippen molar-refractivity contribution in [2.24, 2.45) is 0 Å². The first-order chi connectivity index (χ1) is 14.4. The van der Waals surface area contributed by atoms with Gasteiger partial charge >= 0.3 is 0 Å². The number of nitro benzene ring substituents is 1. The second-order valence-corrected chi connectivity index (χ2v) is 5.99. The number of ether oxygens (including phenoxy) is 2. The van der Waals surface area contributed by atoms with Crippen molar-refractivity contribution >= 4 is 11.6 Å². The molecule has 0 atom stereocenters. The van der Waals surface area contributed by atoms with Gasteiger partial charge in [0.25, 0.3) is 17.2 Å². The number of carbonyl (C=O) groups is 1. The number of nitrogens with one attached hydrogen (secondary N) is 1. The highest BCUT2D eigenvalue weighted by atomic mass is 16.6. The van der Waals surface area contributed by atoms with Crippen molar-refractivity contribution in [2.75, 3.05) is 20.8 Å². The van der Waals surface area contributed by atoms with Gasteiger partial charge in [0.1, 0.15) is 11.3 Å². The highest BCUT2D eigenvalue weighted by Crippen LogP contribution is 2.34. The molecule has 156 valence electrons. The third-order valence-corrected chi connectivity index (χ3v) is 4.19. The molecule has 0 unspecified atom stereocenters. The van der Waals surface area contributed by atoms with Crippen LogP contribution in [0.4, 0.5) is 5.69 Å². The van der Waals surface area contributed by atoms with Gasteiger partial charge in [0.15, 0.2) is 17.3 Å². The summed E-state index contributed by atoms with van der Waals surface area (Å²) in [4.78, 5) is 35.2. The second kappa shape index (κ2) is 8.90. The third-order valence-electron chi connectivity index (χ3n) is 4.19. The first kappa shape index (κ1) is 20.6. The van der Waals surface area contributed by atoms with Crippen LogP contribution in [0.25, 0.3) is 11.5 Å². The summed E-state index contributed by atoms with van der Waals surface area (Å²) in [6, 6.07) is 8.62. The SMILES string of the molecule is COc1cc(C(=O)NCCn2nc(-c3ccco3)ccc2=O)c([N+](=O)[O-])cc1OC. The van der Waals surface area contributed by atoms with Crippen molar-refractivity contribution in [1.82, 2.24) is 15.1 Å². The maximum atomic E-state index is 12.5. The minimum atomic E-state index is -0.696. The second-order valence-electron chi connectivity index (χ2n) is 5.99. The van der Waals surface area contributed by atoms with E-state index in [4.69, 9.17) is 13.9 Å². The Morgan fingerprint density at radius 2 is 1.97 bits per heavy atom. The lowest BCUT2D eigenvalue weighted by atomic mass is 10.1. The monoisotopic (exact) mass is 414 g/mol. The van der Waals surface area contributed by atoms with Crippen LogP contribution < -0.4 is 20.3 Å². The average molecular weight is 414 g/mol. The number of nitro groups is 1. The topological polar surface area (TPSA) is 139 Å². The molecular formula is C19H18N4O7. The molecule has 0 aliphatic carbocycles. The van der Waals surface area contributed by atoms with Crippen molar-refractivity contribution in [2.45, 2.75) is 6.54 Å². The quantitative estimate of drug-likeness (QED) is 0.435. The van der Waals surface area contributed by atoms with Crippen LogP contribution in [0.2, 0.25) is 0 Å². The zero-order valence-electron chi connectivity index (χ0n) is 16.2. The fourth-order valence-electron chi connectivity index (χ4n) is 2.74. The summed E-state index contributed by atoms with van der Waals surface area (Å²) < 4.78 is 16.6. The number of amides is 1. The van der Waals surface area contributed by atoms with Gasteiger partial charge in [-0.25, -0.2) is 4.68 Å². The highest BCUT2D eigenvalue weighted by Gasteiger charge is 2.24. The summed E-state index contributed by atoms with van der Waals surface area (Å²) in [6.07, 6.45) is 1.49. The van der Waals surface area contributed by atoms with Gasteiger partial charge in [-0.2, -0.15) is 5.10 Å². The molecule has 0 bridgehead atoms. The summed E-state index contributed by atoms with van der Waals surface area (Å²) in [5.41, 5.74) is -0.527. The van der Waals surface area contributed by atoms with Crippen LogP contribution in [-0.2, 0) is 6.54 Å². The zero-order chi connectivity index (χ0) is 21.7. The smallest absolute Gasteiger partial charge is 0.286 e. The fraction of sp³-hybridized carbons (Fsp3) is 0.211. The summed E-state index contributed by atoms with van der Waals surface area (Å²) >= 11 is 0. The van der Waals surface area contributed by atoms with Crippen molar-refractivity contribution < 1.29 is 23.6 Å². The number of hydrogen-bond donors (Lipinski definition) is 1. The van der Waals surface area contributed by atoms with Gasteiger partial charge in [-0.15, -0.1) is 0 Å². The minimum Gasteiger partial charge on any atom is -0.493 e. The summed E-state index contributed by atoms with van der Waals surface area (Å²) in [5.74, 6) is 0.107. The maximum Gasteiger partial charge on any atom is 0.286 e. The van der Waals surface area contributed by atoms with E-state index in [0.717, 1.165) is 6.07 Å². The predicted molar refractivity (Wildman–Crippen MR) is 105 cm³/mol. The number of methoxy groups -OCH3 is 2. The lowest BCUT2D eigenvalue weighted by Crippen LogP contribution is -2.32. The molecule has 2 heterocycles. The lowest BCUT2D eigenvalue weighted by Gasteiger charge is -2.11. The van der Waals surface area contributed by atoms with Crippen molar-refractivity contribution in [1.29, 1.82) is 0 Å². The lowest BCUT2D eigenvalue weighted by molar-refractivity contribution is -0.385. The molecule has 0 radical (unpaired) electrons. The molecule has 0 aliphatic rings. The fourth-order valence-corrected chi connectivity index (χ4v) is 2.74. The van der Waals surface area contributed by atoms with Crippen LogP contribution in [0.3, 0.4) is 0 Å². The van der Waals surface area contributed by atoms with Crippen molar-refractivity contribution in [3.05, 3.63) is 68.7 Å². The molecule has 0 saturated carbocycles. The van der Waals surface area contributed by atoms with E-state index in [1.165, 1.54) is 43.4 Å². The molecule has 0 saturated heterocycles. The molecule has 11 heteroatoms. The molecule has 3 rings (SSSR count). The number of hydrogen-bond acceptors (Lipinski definition) is 8. The average Bonchev–Trinajstić information content (AvgIpc) is 3.28. The van der Waals surface area contributed by atoms with Gasteiger partial charge in [-0.05, 0) is 18.2 Å². The Hall–Kier alpha value is -4.15. The Morgan fingerprint density at radius 1 is 1.23 bits per heavy atom. The van der Waals surface area contributed by atoms with E-state index in [0.29, 0.717) is 11.5 Å². The standard InChI is InChI=1S/C19H18N4O7/c1-28-16-10-12(14(23(26)27)11-17(16)29-2)19(25)20-7-8-22-18(24)6-5-13(21-22)15-4-3-9-30-15/h3-6,9-11H,7-8H2,1-2H3,(H,20,25). The molecule has 1 amide bonds. The van der Waals surface area contributed by atoms with Gasteiger partial charge < -0.3 is 19.2 Å². The summed E-state index contributed by atoms with van der Waals surface area (Å²) in [6.45, 7) is 0.0685. The van der Waals surface area contributed by atoms with Crippen LogP contribution in [0.15, 0.2) is 51.9 Å². The van der Waals surface area contributed by atoms with E-state index in [-0.39, 0.29) is 35.7 Å². The van der Waals surface area contributed by atoms with Gasteiger partial charge in [0, 0.05) is 18.7 Å². The molecule has 2 aromatic heterocycles. The zero-order valence-corrected chi connectivity index (χ0v) is 16.2. The van der Waals surface area contributed by atoms with Crippen molar-refractivity contribution in [3.8, 4) is 23.0 Å². The number of aromatic nitrogens is 2. The van der Waals surface area contributed by atoms with Gasteiger partial charge in [-0.1, -0.05) is 0 Å². The van der Waals surface area contributed by atoms with E-state index >= 15 is 0 Å². The van der Waals surface area contributed by atoms with Gasteiger partial charge in [-0.3, -0.25) is 19.7 Å². The van der Waals surface area contributed by atoms with Crippen LogP contribution >= 0.6 is 0 Å². The molecular weight excluding hydrogens is 396 g/mol. The Kier molecular flexibility index (Phi) is 6.11. The minimum absolute atomic E-state index is 0.0127. The highest BCUT2D eigenvalue weighted by molar-refractivity contribution is 5.99. The molecule has 1 aromatic carbocycles. The third kappa shape index (κ3) is 4.29. The van der Waals surface area contributed by atoms with Crippen LogP contribution in [-0.4, -0.2) is 41.4 Å². The number of rotatable bonds is 8. The molecule has 0 fully saturated rings. The van der Waals surface area contributed by atoms with Crippen LogP contribution in [0.1, 0.15) is 10.4 Å². The van der Waals surface area contributed by atoms with E-state index < -0.39 is 16.5 Å². The molecule has 3 aromatic rings. The Morgan fingerprint density at radius 3 is 2.60 bits per heavy atom. The molecule has 0 spiro atoms. The van der Waals surface area contributed by atoms with E-state index in [2.05, 4.69) is 10.4 Å². The molecule has 11 nitrogen and oxygen atoms in total. The molecule has 0 aliphatic heterocycles. The normalized spacial score (nSPS) is 10.5. The Labute approximate surface area is 170 Å². The number of carbonyl (C=O) groups excluding carboxylic acids is 1. The summed E-state index contributed by atoms with van der Waals surface area (Å²) in [5, 5.41) is 18.1. The van der Waals surface area contributed by atoms with Gasteiger partial charge in [0.2, 0.25) is 0 Å². The first-order valence-electron chi connectivity index (χ1n) is 8.75. The summed E-state index contributed by atoms with van der Waals surface area (Å²) in [7, 11) is 2.69. The number of benzene rings is 1. The van der Waals surface area contributed by atoms with E-state index in [9.17, 15) is 19.7 Å². The maximum absolute atomic E-state index is 12.5. The first-order valence-corrected chi connectivity index (χ1v) is 8.75. The van der Waals surface area contributed by atoms with Crippen LogP contribution in [0.5, 0.6) is 11.5 Å². The number of nitrogens with zero attached hydrogens (tertiary/aromatic N) is 3. The van der Waals surface area contributed by atoms with Crippen LogP contribution in [0, 0.1) is 10.1 Å². The molecule has 30 heavy (non-hydrogen) atoms. The Balaban J connectivity index is 1.76. The van der Waals surface area contributed by atoms with E-state index in [1.807, 2.05) is 0 Å². The van der Waals surface area contributed by atoms with E-state index in [1.54, 1.807) is 12.1 Å².